The summed E-state index contributed by atoms with van der Waals surface area (Å²) in [6.07, 6.45) is 6.25. The fraction of sp³-hybridized carbons (Fsp3) is 0.562. The molecule has 1 aliphatic rings. The molecule has 1 saturated carbocycles. The van der Waals surface area contributed by atoms with E-state index >= 15 is 0 Å². The van der Waals surface area contributed by atoms with Crippen LogP contribution < -0.4 is 11.1 Å². The Morgan fingerprint density at radius 2 is 1.96 bits per heavy atom. The second-order valence-corrected chi connectivity index (χ2v) is 8.47. The fourth-order valence-corrected chi connectivity index (χ4v) is 3.87. The molecule has 1 unspecified atom stereocenters. The number of carbonyl (C=O) groups is 1. The number of rotatable bonds is 6. The van der Waals surface area contributed by atoms with Crippen LogP contribution in [0.1, 0.15) is 42.5 Å². The van der Waals surface area contributed by atoms with E-state index in [0.717, 1.165) is 50.1 Å². The summed E-state index contributed by atoms with van der Waals surface area (Å²) >= 11 is 0. The van der Waals surface area contributed by atoms with Crippen molar-refractivity contribution >= 4 is 21.4 Å². The highest BCUT2D eigenvalue weighted by molar-refractivity contribution is 7.90. The van der Waals surface area contributed by atoms with E-state index in [0.29, 0.717) is 0 Å². The number of nitro groups is 1. The number of nitrogens with zero attached hydrogens (tertiary/aromatic N) is 1. The largest absolute Gasteiger partial charge is 0.348 e. The molecule has 0 bridgehead atoms. The quantitative estimate of drug-likeness (QED) is 0.578. The number of non-ortho nitro benzene ring substituents is 1. The third-order valence-electron chi connectivity index (χ3n) is 4.58. The molecule has 1 aromatic carbocycles. The van der Waals surface area contributed by atoms with Crippen molar-refractivity contribution in [1.29, 1.82) is 0 Å². The second kappa shape index (κ2) is 7.92. The lowest BCUT2D eigenvalue weighted by Gasteiger charge is -2.30. The highest BCUT2D eigenvalue weighted by Gasteiger charge is 2.26. The van der Waals surface area contributed by atoms with Gasteiger partial charge in [0.25, 0.3) is 11.6 Å². The number of benzene rings is 1. The topological polar surface area (TPSA) is 132 Å². The maximum Gasteiger partial charge on any atom is 0.271 e. The predicted molar refractivity (Wildman–Crippen MR) is 93.1 cm³/mol. The molecule has 0 saturated heterocycles. The second-order valence-electron chi connectivity index (χ2n) is 6.46. The Morgan fingerprint density at radius 1 is 1.32 bits per heavy atom. The van der Waals surface area contributed by atoms with E-state index in [1.165, 1.54) is 6.42 Å². The number of hydrogen-bond acceptors (Lipinski definition) is 6. The summed E-state index contributed by atoms with van der Waals surface area (Å²) in [4.78, 5) is 22.6. The molecule has 2 rings (SSSR count). The van der Waals surface area contributed by atoms with E-state index in [1.54, 1.807) is 0 Å². The average molecular weight is 369 g/mol. The summed E-state index contributed by atoms with van der Waals surface area (Å²) in [5.74, 6) is -0.273. The monoisotopic (exact) mass is 369 g/mol. The van der Waals surface area contributed by atoms with Gasteiger partial charge in [0.1, 0.15) is 0 Å². The van der Waals surface area contributed by atoms with Crippen LogP contribution in [-0.2, 0) is 9.84 Å². The van der Waals surface area contributed by atoms with E-state index < -0.39 is 26.4 Å². The number of sulfone groups is 1. The lowest BCUT2D eigenvalue weighted by Crippen LogP contribution is -2.45. The standard InChI is InChI=1S/C16H23N3O5S/c1-25(23,24)14-8-12(7-13(9-14)19(21)22)16(20)18-15(10-17)11-5-3-2-4-6-11/h7-9,11,15H,2-6,10,17H2,1H3,(H,18,20). The zero-order chi connectivity index (χ0) is 18.6. The maximum absolute atomic E-state index is 12.5. The number of carbonyl (C=O) groups excluding carboxylic acids is 1. The van der Waals surface area contributed by atoms with Crippen LogP contribution in [-0.4, -0.2) is 38.1 Å². The summed E-state index contributed by atoms with van der Waals surface area (Å²) in [5, 5.41) is 13.9. The molecule has 3 N–H and O–H groups in total. The Morgan fingerprint density at radius 3 is 2.48 bits per heavy atom. The lowest BCUT2D eigenvalue weighted by atomic mass is 9.84. The minimum atomic E-state index is -3.68. The number of amides is 1. The zero-order valence-electron chi connectivity index (χ0n) is 14.1. The van der Waals surface area contributed by atoms with Crippen LogP contribution >= 0.6 is 0 Å². The summed E-state index contributed by atoms with van der Waals surface area (Å²) in [5.41, 5.74) is 5.30. The van der Waals surface area contributed by atoms with Crippen LogP contribution in [0, 0.1) is 16.0 Å². The molecule has 1 aliphatic carbocycles. The Hall–Kier alpha value is -2.00. The molecule has 138 valence electrons. The van der Waals surface area contributed by atoms with Crippen molar-refractivity contribution in [3.05, 3.63) is 33.9 Å². The first-order chi connectivity index (χ1) is 11.7. The van der Waals surface area contributed by atoms with Crippen molar-refractivity contribution < 1.29 is 18.1 Å². The number of nitro benzene ring substituents is 1. The third-order valence-corrected chi connectivity index (χ3v) is 5.67. The molecular formula is C16H23N3O5S. The summed E-state index contributed by atoms with van der Waals surface area (Å²) in [6.45, 7) is 0.268. The van der Waals surface area contributed by atoms with E-state index in [1.807, 2.05) is 0 Å². The van der Waals surface area contributed by atoms with Gasteiger partial charge in [0.05, 0.1) is 9.82 Å². The highest BCUT2D eigenvalue weighted by atomic mass is 32.2. The fourth-order valence-electron chi connectivity index (χ4n) is 3.19. The van der Waals surface area contributed by atoms with Crippen LogP contribution in [0.3, 0.4) is 0 Å². The van der Waals surface area contributed by atoms with Crippen molar-refractivity contribution in [3.63, 3.8) is 0 Å². The first-order valence-electron chi connectivity index (χ1n) is 8.23. The number of nitrogens with one attached hydrogen (secondary N) is 1. The van der Waals surface area contributed by atoms with Crippen molar-refractivity contribution in [2.75, 3.05) is 12.8 Å². The van der Waals surface area contributed by atoms with Crippen molar-refractivity contribution in [2.45, 2.75) is 43.0 Å². The molecule has 0 spiro atoms. The zero-order valence-corrected chi connectivity index (χ0v) is 14.9. The van der Waals surface area contributed by atoms with Gasteiger partial charge in [-0.05, 0) is 24.8 Å². The molecule has 25 heavy (non-hydrogen) atoms. The first kappa shape index (κ1) is 19.3. The molecule has 0 heterocycles. The number of hydrogen-bond donors (Lipinski definition) is 2. The predicted octanol–water partition coefficient (Wildman–Crippen LogP) is 1.64. The molecule has 1 aromatic rings. The Balaban J connectivity index is 2.27. The lowest BCUT2D eigenvalue weighted by molar-refractivity contribution is -0.385. The normalized spacial score (nSPS) is 17.0. The van der Waals surface area contributed by atoms with Gasteiger partial charge in [-0.1, -0.05) is 19.3 Å². The van der Waals surface area contributed by atoms with Crippen LogP contribution in [0.5, 0.6) is 0 Å². The van der Waals surface area contributed by atoms with Gasteiger partial charge in [-0.25, -0.2) is 8.42 Å². The minimum Gasteiger partial charge on any atom is -0.348 e. The first-order valence-corrected chi connectivity index (χ1v) is 10.1. The molecule has 9 heteroatoms. The van der Waals surface area contributed by atoms with Gasteiger partial charge in [-0.15, -0.1) is 0 Å². The smallest absolute Gasteiger partial charge is 0.271 e. The molecule has 0 aromatic heterocycles. The molecular weight excluding hydrogens is 346 g/mol. The summed E-state index contributed by atoms with van der Waals surface area (Å²) in [6, 6.07) is 2.96. The van der Waals surface area contributed by atoms with E-state index in [-0.39, 0.29) is 29.0 Å². The van der Waals surface area contributed by atoms with Gasteiger partial charge in [0, 0.05) is 36.5 Å². The van der Waals surface area contributed by atoms with Crippen molar-refractivity contribution in [3.8, 4) is 0 Å². The average Bonchev–Trinajstić information content (AvgIpc) is 2.59. The summed E-state index contributed by atoms with van der Waals surface area (Å²) in [7, 11) is -3.68. The molecule has 0 radical (unpaired) electrons. The van der Waals surface area contributed by atoms with Crippen LogP contribution in [0.2, 0.25) is 0 Å². The number of nitrogens with two attached hydrogens (primary N) is 1. The van der Waals surface area contributed by atoms with Crippen molar-refractivity contribution in [1.82, 2.24) is 5.32 Å². The van der Waals surface area contributed by atoms with Gasteiger partial charge >= 0.3 is 0 Å². The Labute approximate surface area is 146 Å². The van der Waals surface area contributed by atoms with Crippen LogP contribution in [0.15, 0.2) is 23.1 Å². The maximum atomic E-state index is 12.5. The molecule has 8 nitrogen and oxygen atoms in total. The van der Waals surface area contributed by atoms with Gasteiger partial charge in [-0.2, -0.15) is 0 Å². The van der Waals surface area contributed by atoms with Gasteiger partial charge in [-0.3, -0.25) is 14.9 Å². The molecule has 1 atom stereocenters. The van der Waals surface area contributed by atoms with Crippen LogP contribution in [0.4, 0.5) is 5.69 Å². The molecule has 1 amide bonds. The Bertz CT molecular complexity index is 757. The Kier molecular flexibility index (Phi) is 6.12. The SMILES string of the molecule is CS(=O)(=O)c1cc(C(=O)NC(CN)C2CCCCC2)cc([N+](=O)[O-])c1. The van der Waals surface area contributed by atoms with Gasteiger partial charge < -0.3 is 11.1 Å². The third kappa shape index (κ3) is 4.99. The highest BCUT2D eigenvalue weighted by Crippen LogP contribution is 2.27. The van der Waals surface area contributed by atoms with E-state index in [2.05, 4.69) is 5.32 Å². The van der Waals surface area contributed by atoms with Crippen LogP contribution in [0.25, 0.3) is 0 Å². The van der Waals surface area contributed by atoms with Gasteiger partial charge in [0.2, 0.25) is 0 Å². The molecule has 1 fully saturated rings. The van der Waals surface area contributed by atoms with Gasteiger partial charge in [0.15, 0.2) is 9.84 Å². The summed E-state index contributed by atoms with van der Waals surface area (Å²) < 4.78 is 23.5. The van der Waals surface area contributed by atoms with Crippen molar-refractivity contribution in [2.24, 2.45) is 11.7 Å². The minimum absolute atomic E-state index is 0.0520. The molecule has 0 aliphatic heterocycles. The van der Waals surface area contributed by atoms with E-state index in [4.69, 9.17) is 5.73 Å². The van der Waals surface area contributed by atoms with E-state index in [9.17, 15) is 23.3 Å².